The first kappa shape index (κ1) is 11.5. The van der Waals surface area contributed by atoms with E-state index >= 15 is 0 Å². The first-order valence-electron chi connectivity index (χ1n) is 5.61. The molecule has 5 heteroatoms. The SMILES string of the molecule is N#Cc1c(N)c(C(=O)c2cccs2)n2ccccc12. The quantitative estimate of drug-likeness (QED) is 0.725. The average molecular weight is 267 g/mol. The van der Waals surface area contributed by atoms with E-state index in [0.717, 1.165) is 0 Å². The Kier molecular flexibility index (Phi) is 2.58. The third-order valence-corrected chi connectivity index (χ3v) is 3.82. The molecule has 0 radical (unpaired) electrons. The van der Waals surface area contributed by atoms with Crippen LogP contribution in [0.4, 0.5) is 5.69 Å². The van der Waals surface area contributed by atoms with Gasteiger partial charge in [0.1, 0.15) is 17.3 Å². The van der Waals surface area contributed by atoms with Crippen molar-refractivity contribution in [1.82, 2.24) is 4.40 Å². The molecule has 0 amide bonds. The molecule has 3 heterocycles. The molecule has 0 aliphatic rings. The predicted molar refractivity (Wildman–Crippen MR) is 74.3 cm³/mol. The number of ketones is 1. The highest BCUT2D eigenvalue weighted by atomic mass is 32.1. The van der Waals surface area contributed by atoms with E-state index in [0.29, 0.717) is 21.7 Å². The Morgan fingerprint density at radius 2 is 2.16 bits per heavy atom. The molecular formula is C14H9N3OS. The molecule has 19 heavy (non-hydrogen) atoms. The molecule has 3 aromatic rings. The van der Waals surface area contributed by atoms with Gasteiger partial charge < -0.3 is 10.1 Å². The Morgan fingerprint density at radius 3 is 2.84 bits per heavy atom. The molecular weight excluding hydrogens is 258 g/mol. The highest BCUT2D eigenvalue weighted by Gasteiger charge is 2.22. The summed E-state index contributed by atoms with van der Waals surface area (Å²) < 4.78 is 1.68. The number of nitrogen functional groups attached to an aromatic ring is 1. The number of carbonyl (C=O) groups excluding carboxylic acids is 1. The molecule has 0 unspecified atom stereocenters. The van der Waals surface area contributed by atoms with Gasteiger partial charge in [-0.15, -0.1) is 11.3 Å². The number of hydrogen-bond acceptors (Lipinski definition) is 4. The molecule has 0 aromatic carbocycles. The second-order valence-electron chi connectivity index (χ2n) is 4.01. The summed E-state index contributed by atoms with van der Waals surface area (Å²) >= 11 is 1.36. The largest absolute Gasteiger partial charge is 0.396 e. The first-order chi connectivity index (χ1) is 9.24. The molecule has 3 rings (SSSR count). The van der Waals surface area contributed by atoms with E-state index < -0.39 is 0 Å². The lowest BCUT2D eigenvalue weighted by molar-refractivity contribution is 0.103. The van der Waals surface area contributed by atoms with Gasteiger partial charge in [0.2, 0.25) is 5.78 Å². The maximum absolute atomic E-state index is 12.5. The Bertz CT molecular complexity index is 809. The van der Waals surface area contributed by atoms with Crippen LogP contribution in [0.2, 0.25) is 0 Å². The number of nitrogens with two attached hydrogens (primary N) is 1. The van der Waals surface area contributed by atoms with Crippen molar-refractivity contribution in [3.63, 3.8) is 0 Å². The first-order valence-corrected chi connectivity index (χ1v) is 6.49. The summed E-state index contributed by atoms with van der Waals surface area (Å²) in [5.74, 6) is -0.157. The highest BCUT2D eigenvalue weighted by Crippen LogP contribution is 2.28. The molecule has 0 bridgehead atoms. The van der Waals surface area contributed by atoms with Crippen molar-refractivity contribution in [3.05, 3.63) is 58.0 Å². The number of nitrogens with zero attached hydrogens (tertiary/aromatic N) is 2. The lowest BCUT2D eigenvalue weighted by atomic mass is 10.2. The minimum atomic E-state index is -0.157. The van der Waals surface area contributed by atoms with Crippen LogP contribution >= 0.6 is 11.3 Å². The molecule has 0 saturated carbocycles. The Balaban J connectivity index is 2.33. The number of carbonyl (C=O) groups is 1. The zero-order valence-electron chi connectivity index (χ0n) is 9.83. The van der Waals surface area contributed by atoms with Crippen LogP contribution in [0.15, 0.2) is 41.9 Å². The van der Waals surface area contributed by atoms with Crippen LogP contribution < -0.4 is 5.73 Å². The van der Waals surface area contributed by atoms with Crippen LogP contribution in [-0.4, -0.2) is 10.2 Å². The number of thiophene rings is 1. The summed E-state index contributed by atoms with van der Waals surface area (Å²) in [6, 6.07) is 11.0. The normalized spacial score (nSPS) is 10.5. The summed E-state index contributed by atoms with van der Waals surface area (Å²) in [7, 11) is 0. The van der Waals surface area contributed by atoms with Crippen molar-refractivity contribution in [2.24, 2.45) is 0 Å². The number of hydrogen-bond donors (Lipinski definition) is 1. The topological polar surface area (TPSA) is 71.3 Å². The van der Waals surface area contributed by atoms with Crippen molar-refractivity contribution in [1.29, 1.82) is 5.26 Å². The summed E-state index contributed by atoms with van der Waals surface area (Å²) in [4.78, 5) is 13.1. The lowest BCUT2D eigenvalue weighted by Crippen LogP contribution is -2.06. The number of pyridine rings is 1. The van der Waals surface area contributed by atoms with E-state index in [1.807, 2.05) is 17.5 Å². The molecule has 2 N–H and O–H groups in total. The van der Waals surface area contributed by atoms with Crippen LogP contribution in [0, 0.1) is 11.3 Å². The van der Waals surface area contributed by atoms with Gasteiger partial charge in [0.15, 0.2) is 0 Å². The van der Waals surface area contributed by atoms with Crippen LogP contribution in [0.25, 0.3) is 5.52 Å². The molecule has 92 valence electrons. The number of rotatable bonds is 2. The summed E-state index contributed by atoms with van der Waals surface area (Å²) in [6.07, 6.45) is 1.74. The summed E-state index contributed by atoms with van der Waals surface area (Å²) in [5, 5.41) is 11.0. The third-order valence-electron chi connectivity index (χ3n) is 2.95. The van der Waals surface area contributed by atoms with Gasteiger partial charge in [-0.3, -0.25) is 4.79 Å². The van der Waals surface area contributed by atoms with Crippen molar-refractivity contribution in [2.75, 3.05) is 5.73 Å². The van der Waals surface area contributed by atoms with Gasteiger partial charge in [0.25, 0.3) is 0 Å². The second-order valence-corrected chi connectivity index (χ2v) is 4.96. The number of anilines is 1. The van der Waals surface area contributed by atoms with E-state index in [1.165, 1.54) is 11.3 Å². The van der Waals surface area contributed by atoms with Gasteiger partial charge in [-0.2, -0.15) is 5.26 Å². The van der Waals surface area contributed by atoms with E-state index in [1.54, 1.807) is 28.8 Å². The molecule has 0 saturated heterocycles. The maximum Gasteiger partial charge on any atom is 0.221 e. The monoisotopic (exact) mass is 267 g/mol. The van der Waals surface area contributed by atoms with Gasteiger partial charge in [-0.25, -0.2) is 0 Å². The third kappa shape index (κ3) is 1.62. The zero-order valence-corrected chi connectivity index (χ0v) is 10.6. The second kappa shape index (κ2) is 4.26. The molecule has 4 nitrogen and oxygen atoms in total. The van der Waals surface area contributed by atoms with E-state index in [-0.39, 0.29) is 11.5 Å². The Hall–Kier alpha value is -2.58. The van der Waals surface area contributed by atoms with E-state index in [4.69, 9.17) is 5.73 Å². The summed E-state index contributed by atoms with van der Waals surface area (Å²) in [5.41, 5.74) is 7.58. The fraction of sp³-hybridized carbons (Fsp3) is 0. The van der Waals surface area contributed by atoms with Gasteiger partial charge in [0, 0.05) is 6.20 Å². The van der Waals surface area contributed by atoms with Crippen molar-refractivity contribution < 1.29 is 4.79 Å². The van der Waals surface area contributed by atoms with Crippen molar-refractivity contribution >= 4 is 28.3 Å². The fourth-order valence-corrected chi connectivity index (χ4v) is 2.77. The molecule has 0 aliphatic carbocycles. The Morgan fingerprint density at radius 1 is 1.32 bits per heavy atom. The van der Waals surface area contributed by atoms with Gasteiger partial charge in [-0.05, 0) is 23.6 Å². The van der Waals surface area contributed by atoms with Crippen LogP contribution in [0.5, 0.6) is 0 Å². The minimum absolute atomic E-state index is 0.157. The number of aromatic nitrogens is 1. The standard InChI is InChI=1S/C14H9N3OS/c15-8-9-10-4-1-2-6-17(10)13(12(9)16)14(18)11-5-3-7-19-11/h1-7H,16H2. The minimum Gasteiger partial charge on any atom is -0.396 e. The highest BCUT2D eigenvalue weighted by molar-refractivity contribution is 7.12. The van der Waals surface area contributed by atoms with E-state index in [9.17, 15) is 10.1 Å². The number of fused-ring (bicyclic) bond motifs is 1. The zero-order chi connectivity index (χ0) is 13.4. The molecule has 0 aliphatic heterocycles. The van der Waals surface area contributed by atoms with Crippen LogP contribution in [-0.2, 0) is 0 Å². The van der Waals surface area contributed by atoms with Crippen molar-refractivity contribution in [2.45, 2.75) is 0 Å². The summed E-state index contributed by atoms with van der Waals surface area (Å²) in [6.45, 7) is 0. The van der Waals surface area contributed by atoms with Gasteiger partial charge >= 0.3 is 0 Å². The number of nitriles is 1. The lowest BCUT2D eigenvalue weighted by Gasteiger charge is -2.01. The molecule has 3 aromatic heterocycles. The van der Waals surface area contributed by atoms with E-state index in [2.05, 4.69) is 6.07 Å². The van der Waals surface area contributed by atoms with Gasteiger partial charge in [0.05, 0.1) is 16.1 Å². The fourth-order valence-electron chi connectivity index (χ4n) is 2.10. The van der Waals surface area contributed by atoms with Crippen molar-refractivity contribution in [3.8, 4) is 6.07 Å². The molecule has 0 fully saturated rings. The predicted octanol–water partition coefficient (Wildman–Crippen LogP) is 2.69. The molecule has 0 spiro atoms. The smallest absolute Gasteiger partial charge is 0.221 e. The van der Waals surface area contributed by atoms with Crippen LogP contribution in [0.1, 0.15) is 20.9 Å². The molecule has 0 atom stereocenters. The van der Waals surface area contributed by atoms with Crippen LogP contribution in [0.3, 0.4) is 0 Å². The Labute approximate surface area is 113 Å². The average Bonchev–Trinajstić information content (AvgIpc) is 3.03. The maximum atomic E-state index is 12.5. The van der Waals surface area contributed by atoms with Gasteiger partial charge in [-0.1, -0.05) is 12.1 Å².